The van der Waals surface area contributed by atoms with Crippen LogP contribution in [0.5, 0.6) is 28.7 Å². The van der Waals surface area contributed by atoms with Crippen LogP contribution in [0.4, 0.5) is 0 Å². The van der Waals surface area contributed by atoms with E-state index in [0.717, 1.165) is 0 Å². The Balaban J connectivity index is 1.83. The Morgan fingerprint density at radius 3 is 2.57 bits per heavy atom. The van der Waals surface area contributed by atoms with E-state index in [2.05, 4.69) is 0 Å². The molecule has 0 saturated heterocycles. The monoisotopic (exact) mass is 384 g/mol. The molecule has 0 aromatic heterocycles. The van der Waals surface area contributed by atoms with Crippen molar-refractivity contribution in [1.82, 2.24) is 0 Å². The van der Waals surface area contributed by atoms with Crippen molar-refractivity contribution in [3.8, 4) is 28.7 Å². The second-order valence-corrected chi connectivity index (χ2v) is 7.33. The van der Waals surface area contributed by atoms with Crippen LogP contribution in [0.1, 0.15) is 41.4 Å². The predicted octanol–water partition coefficient (Wildman–Crippen LogP) is 2.97. The molecule has 2 aliphatic rings. The summed E-state index contributed by atoms with van der Waals surface area (Å²) in [4.78, 5) is 12.8. The third-order valence-corrected chi connectivity index (χ3v) is 4.86. The minimum atomic E-state index is -1.55. The van der Waals surface area contributed by atoms with Gasteiger partial charge >= 0.3 is 0 Å². The second kappa shape index (κ2) is 6.17. The molecule has 7 nitrogen and oxygen atoms in total. The van der Waals surface area contributed by atoms with Crippen molar-refractivity contribution < 1.29 is 34.3 Å². The fourth-order valence-electron chi connectivity index (χ4n) is 3.45. The molecule has 2 aliphatic heterocycles. The summed E-state index contributed by atoms with van der Waals surface area (Å²) >= 11 is 0. The van der Waals surface area contributed by atoms with E-state index in [4.69, 9.17) is 14.2 Å². The van der Waals surface area contributed by atoms with Gasteiger partial charge in [0.05, 0.1) is 12.7 Å². The molecular weight excluding hydrogens is 364 g/mol. The van der Waals surface area contributed by atoms with Crippen molar-refractivity contribution in [2.75, 3.05) is 7.11 Å². The first-order valence-electron chi connectivity index (χ1n) is 8.76. The Kier molecular flexibility index (Phi) is 4.01. The Labute approximate surface area is 161 Å². The smallest absolute Gasteiger partial charge is 0.202 e. The number of aliphatic hydroxyl groups is 1. The summed E-state index contributed by atoms with van der Waals surface area (Å²) in [6.07, 6.45) is 0.977. The lowest BCUT2D eigenvalue weighted by atomic mass is 9.89. The number of hydrogen-bond acceptors (Lipinski definition) is 7. The summed E-state index contributed by atoms with van der Waals surface area (Å²) in [5.74, 6) is -0.354. The van der Waals surface area contributed by atoms with Crippen LogP contribution in [0.15, 0.2) is 30.3 Å². The van der Waals surface area contributed by atoms with E-state index >= 15 is 0 Å². The zero-order valence-corrected chi connectivity index (χ0v) is 15.6. The average molecular weight is 384 g/mol. The van der Waals surface area contributed by atoms with Crippen molar-refractivity contribution in [3.63, 3.8) is 0 Å². The Morgan fingerprint density at radius 1 is 1.14 bits per heavy atom. The van der Waals surface area contributed by atoms with Gasteiger partial charge in [-0.25, -0.2) is 0 Å². The second-order valence-electron chi connectivity index (χ2n) is 7.33. The van der Waals surface area contributed by atoms with Crippen molar-refractivity contribution >= 4 is 11.9 Å². The highest BCUT2D eigenvalue weighted by Crippen LogP contribution is 2.48. The van der Waals surface area contributed by atoms with Gasteiger partial charge < -0.3 is 29.5 Å². The molecule has 2 aromatic carbocycles. The van der Waals surface area contributed by atoms with Crippen LogP contribution < -0.4 is 14.2 Å². The van der Waals surface area contributed by atoms with Crippen molar-refractivity contribution in [3.05, 3.63) is 47.0 Å². The van der Waals surface area contributed by atoms with E-state index in [0.29, 0.717) is 16.9 Å². The molecule has 0 amide bonds. The normalized spacial score (nSPS) is 21.9. The van der Waals surface area contributed by atoms with Crippen LogP contribution in [-0.4, -0.2) is 39.9 Å². The molecule has 0 saturated carbocycles. The van der Waals surface area contributed by atoms with E-state index in [1.165, 1.54) is 25.3 Å². The van der Waals surface area contributed by atoms with E-state index in [-0.39, 0.29) is 28.6 Å². The molecular formula is C21H20O7. The topological polar surface area (TPSA) is 105 Å². The number of ether oxygens (including phenoxy) is 3. The zero-order chi connectivity index (χ0) is 20.2. The number of phenols is 2. The van der Waals surface area contributed by atoms with Crippen molar-refractivity contribution in [1.29, 1.82) is 0 Å². The number of aliphatic hydroxyl groups excluding tert-OH is 1. The molecule has 0 fully saturated rings. The molecule has 4 rings (SSSR count). The maximum atomic E-state index is 12.8. The number of carbonyl (C=O) groups excluding carboxylic acids is 1. The number of benzene rings is 2. The number of phenolic OH excluding ortho intramolecular Hbond substituents is 2. The first kappa shape index (κ1) is 18.2. The molecule has 0 bridgehead atoms. The van der Waals surface area contributed by atoms with E-state index in [1.54, 1.807) is 12.1 Å². The lowest BCUT2D eigenvalue weighted by Crippen LogP contribution is -2.37. The van der Waals surface area contributed by atoms with Crippen LogP contribution in [0.25, 0.3) is 6.08 Å². The lowest BCUT2D eigenvalue weighted by molar-refractivity contribution is 0.0206. The minimum Gasteiger partial charge on any atom is -0.507 e. The van der Waals surface area contributed by atoms with Gasteiger partial charge in [0.2, 0.25) is 5.78 Å². The number of methoxy groups -OCH3 is 1. The Hall–Kier alpha value is -3.19. The average Bonchev–Trinajstić information content (AvgIpc) is 2.63. The molecule has 2 aromatic rings. The van der Waals surface area contributed by atoms with Crippen LogP contribution in [0, 0.1) is 0 Å². The number of carbonyl (C=O) groups is 1. The Morgan fingerprint density at radius 2 is 1.89 bits per heavy atom. The van der Waals surface area contributed by atoms with Crippen molar-refractivity contribution in [2.24, 2.45) is 0 Å². The standard InChI is InChI=1S/C21H20O7/c1-21(2)7-6-11-15(28-21)9-13(23)16-17(24)18(25)19(27-20(11)16)10-4-5-14(26-3)12(22)8-10/h4-9,18-19,22-23,25H,1-3H3/t18-,19+/m0/s1. The largest absolute Gasteiger partial charge is 0.507 e. The fraction of sp³-hybridized carbons (Fsp3) is 0.286. The number of aromatic hydroxyl groups is 2. The molecule has 0 radical (unpaired) electrons. The van der Waals surface area contributed by atoms with Crippen LogP contribution in [-0.2, 0) is 0 Å². The van der Waals surface area contributed by atoms with Gasteiger partial charge in [-0.15, -0.1) is 0 Å². The molecule has 28 heavy (non-hydrogen) atoms. The number of ketones is 1. The van der Waals surface area contributed by atoms with E-state index in [9.17, 15) is 20.1 Å². The molecule has 0 unspecified atom stereocenters. The number of Topliss-reactive ketones (excluding diaryl/α,β-unsaturated/α-hetero) is 1. The summed E-state index contributed by atoms with van der Waals surface area (Å²) in [5, 5.41) is 30.9. The molecule has 3 N–H and O–H groups in total. The quantitative estimate of drug-likeness (QED) is 0.731. The molecule has 0 spiro atoms. The maximum Gasteiger partial charge on any atom is 0.202 e. The summed E-state index contributed by atoms with van der Waals surface area (Å²) in [6, 6.07) is 5.84. The van der Waals surface area contributed by atoms with Gasteiger partial charge in [-0.2, -0.15) is 0 Å². The highest BCUT2D eigenvalue weighted by molar-refractivity contribution is 6.07. The van der Waals surface area contributed by atoms with Crippen LogP contribution in [0.3, 0.4) is 0 Å². The minimum absolute atomic E-state index is 0.0896. The van der Waals surface area contributed by atoms with Gasteiger partial charge in [0.1, 0.15) is 28.4 Å². The zero-order valence-electron chi connectivity index (χ0n) is 15.6. The highest BCUT2D eigenvalue weighted by Gasteiger charge is 2.41. The number of hydrogen-bond donors (Lipinski definition) is 3. The van der Waals surface area contributed by atoms with Gasteiger partial charge in [-0.3, -0.25) is 4.79 Å². The first-order valence-corrected chi connectivity index (χ1v) is 8.76. The third kappa shape index (κ3) is 2.75. The summed E-state index contributed by atoms with van der Waals surface area (Å²) in [6.45, 7) is 3.73. The SMILES string of the molecule is COc1ccc([C@H]2Oc3c4c(cc(O)c3C(=O)[C@@H]2O)OC(C)(C)C=C4)cc1O. The molecule has 2 heterocycles. The summed E-state index contributed by atoms with van der Waals surface area (Å²) in [7, 11) is 1.42. The maximum absolute atomic E-state index is 12.8. The summed E-state index contributed by atoms with van der Waals surface area (Å²) in [5.41, 5.74) is 0.235. The number of fused-ring (bicyclic) bond motifs is 3. The summed E-state index contributed by atoms with van der Waals surface area (Å²) < 4.78 is 16.8. The van der Waals surface area contributed by atoms with Gasteiger partial charge in [0, 0.05) is 6.07 Å². The Bertz CT molecular complexity index is 1010. The fourth-order valence-corrected chi connectivity index (χ4v) is 3.45. The molecule has 7 heteroatoms. The van der Waals surface area contributed by atoms with E-state index < -0.39 is 23.6 Å². The van der Waals surface area contributed by atoms with E-state index in [1.807, 2.05) is 19.9 Å². The van der Waals surface area contributed by atoms with Gasteiger partial charge in [-0.05, 0) is 43.7 Å². The van der Waals surface area contributed by atoms with Gasteiger partial charge in [-0.1, -0.05) is 6.07 Å². The van der Waals surface area contributed by atoms with Crippen LogP contribution >= 0.6 is 0 Å². The number of rotatable bonds is 2. The first-order chi connectivity index (χ1) is 13.2. The molecule has 146 valence electrons. The van der Waals surface area contributed by atoms with Crippen molar-refractivity contribution in [2.45, 2.75) is 31.7 Å². The predicted molar refractivity (Wildman–Crippen MR) is 100 cm³/mol. The lowest BCUT2D eigenvalue weighted by Gasteiger charge is -2.34. The highest BCUT2D eigenvalue weighted by atomic mass is 16.5. The van der Waals surface area contributed by atoms with Gasteiger partial charge in [0.25, 0.3) is 0 Å². The van der Waals surface area contributed by atoms with Crippen LogP contribution in [0.2, 0.25) is 0 Å². The molecule has 0 aliphatic carbocycles. The van der Waals surface area contributed by atoms with Gasteiger partial charge in [0.15, 0.2) is 23.7 Å². The molecule has 2 atom stereocenters. The third-order valence-electron chi connectivity index (χ3n) is 4.86.